The van der Waals surface area contributed by atoms with Gasteiger partial charge < -0.3 is 4.74 Å². The molecule has 1 unspecified atom stereocenters. The van der Waals surface area contributed by atoms with E-state index in [1.54, 1.807) is 0 Å². The van der Waals surface area contributed by atoms with Gasteiger partial charge in [0, 0.05) is 5.56 Å². The Morgan fingerprint density at radius 3 is 2.94 bits per heavy atom. The first-order chi connectivity index (χ1) is 8.31. The fraction of sp³-hybridized carbons (Fsp3) is 0.467. The Labute approximate surface area is 108 Å². The molecule has 0 bridgehead atoms. The van der Waals surface area contributed by atoms with Crippen molar-refractivity contribution in [1.82, 2.24) is 0 Å². The summed E-state index contributed by atoms with van der Waals surface area (Å²) in [6.45, 7) is 2.72. The Hall–Kier alpha value is -0.950. The molecule has 17 heavy (non-hydrogen) atoms. The zero-order valence-corrected chi connectivity index (χ0v) is 11.0. The molecule has 2 heteroatoms. The highest BCUT2D eigenvalue weighted by Crippen LogP contribution is 2.33. The van der Waals surface area contributed by atoms with E-state index in [1.807, 2.05) is 19.1 Å². The van der Waals surface area contributed by atoms with E-state index in [4.69, 9.17) is 16.3 Å². The minimum Gasteiger partial charge on any atom is -0.493 e. The third-order valence-corrected chi connectivity index (χ3v) is 3.44. The van der Waals surface area contributed by atoms with E-state index in [2.05, 4.69) is 18.2 Å². The second kappa shape index (κ2) is 6.11. The first kappa shape index (κ1) is 12.5. The number of alkyl halides is 1. The zero-order valence-electron chi connectivity index (χ0n) is 10.3. The van der Waals surface area contributed by atoms with Gasteiger partial charge in [-0.3, -0.25) is 0 Å². The molecule has 0 saturated heterocycles. The number of ether oxygens (including phenoxy) is 1. The molecule has 0 fully saturated rings. The molecule has 1 aliphatic carbocycles. The lowest BCUT2D eigenvalue weighted by molar-refractivity contribution is 0.339. The van der Waals surface area contributed by atoms with Gasteiger partial charge in [0.2, 0.25) is 0 Å². The van der Waals surface area contributed by atoms with Crippen LogP contribution in [0.2, 0.25) is 0 Å². The number of hydrogen-bond acceptors (Lipinski definition) is 1. The molecule has 0 radical (unpaired) electrons. The molecule has 1 aromatic rings. The smallest absolute Gasteiger partial charge is 0.126 e. The first-order valence-corrected chi connectivity index (χ1v) is 6.82. The normalized spacial score (nSPS) is 20.6. The Morgan fingerprint density at radius 1 is 1.29 bits per heavy atom. The van der Waals surface area contributed by atoms with Crippen LogP contribution in [0.5, 0.6) is 5.75 Å². The van der Waals surface area contributed by atoms with Crippen LogP contribution in [0.15, 0.2) is 30.3 Å². The van der Waals surface area contributed by atoms with E-state index < -0.39 is 0 Å². The maximum Gasteiger partial charge on any atom is 0.126 e. The number of hydrogen-bond donors (Lipinski definition) is 0. The lowest BCUT2D eigenvalue weighted by Crippen LogP contribution is -1.97. The van der Waals surface area contributed by atoms with Crippen LogP contribution in [-0.2, 0) is 0 Å². The van der Waals surface area contributed by atoms with E-state index in [0.29, 0.717) is 6.61 Å². The zero-order chi connectivity index (χ0) is 12.1. The van der Waals surface area contributed by atoms with Crippen LogP contribution in [0.4, 0.5) is 0 Å². The molecular formula is C15H19ClO. The second-order valence-corrected chi connectivity index (χ2v) is 4.94. The molecule has 1 aromatic carbocycles. The van der Waals surface area contributed by atoms with Gasteiger partial charge in [0.15, 0.2) is 0 Å². The fourth-order valence-electron chi connectivity index (χ4n) is 2.28. The van der Waals surface area contributed by atoms with Gasteiger partial charge in [-0.1, -0.05) is 30.7 Å². The van der Waals surface area contributed by atoms with Gasteiger partial charge in [-0.2, -0.15) is 0 Å². The molecule has 0 aromatic heterocycles. The van der Waals surface area contributed by atoms with Crippen LogP contribution < -0.4 is 4.74 Å². The monoisotopic (exact) mass is 250 g/mol. The van der Waals surface area contributed by atoms with Crippen molar-refractivity contribution in [3.63, 3.8) is 0 Å². The number of halogens is 1. The SMILES string of the molecule is CCOc1ccccc1C1=CC(Cl)CCCC1. The van der Waals surface area contributed by atoms with E-state index in [1.165, 1.54) is 24.0 Å². The maximum absolute atomic E-state index is 6.28. The summed E-state index contributed by atoms with van der Waals surface area (Å²) in [4.78, 5) is 0. The van der Waals surface area contributed by atoms with Crippen molar-refractivity contribution in [2.24, 2.45) is 0 Å². The van der Waals surface area contributed by atoms with Crippen LogP contribution in [-0.4, -0.2) is 12.0 Å². The number of allylic oxidation sites excluding steroid dienone is 2. The lowest BCUT2D eigenvalue weighted by Gasteiger charge is -2.12. The minimum absolute atomic E-state index is 0.169. The third-order valence-electron chi connectivity index (χ3n) is 3.09. The molecule has 1 atom stereocenters. The first-order valence-electron chi connectivity index (χ1n) is 6.38. The summed E-state index contributed by atoms with van der Waals surface area (Å²) in [6.07, 6.45) is 6.82. The molecule has 0 saturated carbocycles. The third kappa shape index (κ3) is 3.26. The van der Waals surface area contributed by atoms with E-state index in [9.17, 15) is 0 Å². The summed E-state index contributed by atoms with van der Waals surface area (Å²) in [6, 6.07) is 8.25. The fourth-order valence-corrected chi connectivity index (χ4v) is 2.58. The number of benzene rings is 1. The number of rotatable bonds is 3. The molecule has 0 heterocycles. The van der Waals surface area contributed by atoms with Gasteiger partial charge in [-0.15, -0.1) is 11.6 Å². The van der Waals surface area contributed by atoms with Crippen molar-refractivity contribution in [3.8, 4) is 5.75 Å². The lowest BCUT2D eigenvalue weighted by atomic mass is 10.0. The Kier molecular flexibility index (Phi) is 4.49. The van der Waals surface area contributed by atoms with Crippen LogP contribution in [0.25, 0.3) is 5.57 Å². The quantitative estimate of drug-likeness (QED) is 0.710. The van der Waals surface area contributed by atoms with Gasteiger partial charge in [0.05, 0.1) is 12.0 Å². The molecule has 0 N–H and O–H groups in total. The average Bonchev–Trinajstić information content (AvgIpc) is 2.55. The van der Waals surface area contributed by atoms with Crippen molar-refractivity contribution < 1.29 is 4.74 Å². The minimum atomic E-state index is 0.169. The Morgan fingerprint density at radius 2 is 2.12 bits per heavy atom. The van der Waals surface area contributed by atoms with Gasteiger partial charge in [0.25, 0.3) is 0 Å². The summed E-state index contributed by atoms with van der Waals surface area (Å²) >= 11 is 6.28. The Balaban J connectivity index is 2.31. The van der Waals surface area contributed by atoms with Crippen molar-refractivity contribution in [2.75, 3.05) is 6.61 Å². The van der Waals surface area contributed by atoms with Crippen LogP contribution in [0, 0.1) is 0 Å². The highest BCUT2D eigenvalue weighted by molar-refractivity contribution is 6.22. The Bertz CT molecular complexity index is 398. The molecule has 0 aliphatic heterocycles. The standard InChI is InChI=1S/C15H19ClO/c1-2-17-15-10-6-5-9-14(15)12-7-3-4-8-13(16)11-12/h5-6,9-11,13H,2-4,7-8H2,1H3. The predicted molar refractivity (Wildman–Crippen MR) is 73.7 cm³/mol. The van der Waals surface area contributed by atoms with Crippen LogP contribution >= 0.6 is 11.6 Å². The summed E-state index contributed by atoms with van der Waals surface area (Å²) in [5.74, 6) is 0.979. The highest BCUT2D eigenvalue weighted by atomic mass is 35.5. The molecule has 2 rings (SSSR count). The molecule has 0 amide bonds. The van der Waals surface area contributed by atoms with E-state index >= 15 is 0 Å². The van der Waals surface area contributed by atoms with Crippen LogP contribution in [0.1, 0.15) is 38.2 Å². The molecule has 0 spiro atoms. The summed E-state index contributed by atoms with van der Waals surface area (Å²) < 4.78 is 5.68. The second-order valence-electron chi connectivity index (χ2n) is 4.38. The van der Waals surface area contributed by atoms with Crippen molar-refractivity contribution in [1.29, 1.82) is 0 Å². The largest absolute Gasteiger partial charge is 0.493 e. The average molecular weight is 251 g/mol. The highest BCUT2D eigenvalue weighted by Gasteiger charge is 2.13. The molecule has 1 nitrogen and oxygen atoms in total. The van der Waals surface area contributed by atoms with Crippen molar-refractivity contribution >= 4 is 17.2 Å². The topological polar surface area (TPSA) is 9.23 Å². The van der Waals surface area contributed by atoms with Gasteiger partial charge >= 0.3 is 0 Å². The summed E-state index contributed by atoms with van der Waals surface area (Å²) in [5.41, 5.74) is 2.55. The molecule has 92 valence electrons. The molecular weight excluding hydrogens is 232 g/mol. The maximum atomic E-state index is 6.28. The van der Waals surface area contributed by atoms with E-state index in [0.717, 1.165) is 18.6 Å². The van der Waals surface area contributed by atoms with Gasteiger partial charge in [-0.25, -0.2) is 0 Å². The summed E-state index contributed by atoms with van der Waals surface area (Å²) in [7, 11) is 0. The number of para-hydroxylation sites is 1. The van der Waals surface area contributed by atoms with Crippen LogP contribution in [0.3, 0.4) is 0 Å². The van der Waals surface area contributed by atoms with Gasteiger partial charge in [-0.05, 0) is 37.8 Å². The summed E-state index contributed by atoms with van der Waals surface area (Å²) in [5, 5.41) is 0.169. The van der Waals surface area contributed by atoms with Crippen molar-refractivity contribution in [3.05, 3.63) is 35.9 Å². The van der Waals surface area contributed by atoms with Crippen molar-refractivity contribution in [2.45, 2.75) is 38.0 Å². The predicted octanol–water partition coefficient (Wildman–Crippen LogP) is 4.65. The molecule has 1 aliphatic rings. The van der Waals surface area contributed by atoms with E-state index in [-0.39, 0.29) is 5.38 Å². The van der Waals surface area contributed by atoms with Gasteiger partial charge in [0.1, 0.15) is 5.75 Å².